The molecule has 1 aromatic rings. The molecular weight excluding hydrogens is 252 g/mol. The molecule has 0 bridgehead atoms. The maximum absolute atomic E-state index is 10.9. The van der Waals surface area contributed by atoms with Gasteiger partial charge in [0.15, 0.2) is 0 Å². The van der Waals surface area contributed by atoms with Crippen LogP contribution in [0.1, 0.15) is 58.7 Å². The fourth-order valence-electron chi connectivity index (χ4n) is 2.39. The summed E-state index contributed by atoms with van der Waals surface area (Å²) < 4.78 is 4.37. The second-order valence-corrected chi connectivity index (χ2v) is 5.59. The van der Waals surface area contributed by atoms with E-state index in [1.54, 1.807) is 6.92 Å². The van der Waals surface area contributed by atoms with E-state index in [2.05, 4.69) is 29.2 Å². The second kappa shape index (κ2) is 8.77. The monoisotopic (exact) mass is 280 g/mol. The van der Waals surface area contributed by atoms with E-state index >= 15 is 0 Å². The Hall–Kier alpha value is -1.32. The molecule has 1 unspecified atom stereocenters. The molecule has 0 spiro atoms. The molecule has 0 aliphatic carbocycles. The molecule has 1 heterocycles. The van der Waals surface area contributed by atoms with Crippen molar-refractivity contribution in [1.82, 2.24) is 4.57 Å². The molecule has 4 heteroatoms. The third kappa shape index (κ3) is 4.99. The lowest BCUT2D eigenvalue weighted by atomic mass is 10.1. The highest BCUT2D eigenvalue weighted by Gasteiger charge is 2.18. The highest BCUT2D eigenvalue weighted by molar-refractivity contribution is 5.66. The number of unbranched alkanes of at least 4 members (excludes halogenated alkanes) is 3. The molecule has 0 radical (unpaired) electrons. The van der Waals surface area contributed by atoms with Gasteiger partial charge in [-0.15, -0.1) is 0 Å². The standard InChI is InChI=1S/C16H28N2O2/c1-4-6-8-9-15-17(10-7-5-2)11-12-18(15)13-14(3)16(19)20/h11-12,14H,4-10,13H2,1-3H3. The van der Waals surface area contributed by atoms with E-state index < -0.39 is 11.9 Å². The maximum atomic E-state index is 10.9. The SMILES string of the molecule is CCCCCc1n(CCCC)cc[n+]1CC(C)C(=O)[O-]. The van der Waals surface area contributed by atoms with E-state index in [-0.39, 0.29) is 0 Å². The first-order valence-electron chi connectivity index (χ1n) is 7.88. The first-order valence-corrected chi connectivity index (χ1v) is 7.88. The molecule has 0 N–H and O–H groups in total. The van der Waals surface area contributed by atoms with Crippen molar-refractivity contribution in [2.75, 3.05) is 0 Å². The van der Waals surface area contributed by atoms with E-state index in [1.165, 1.54) is 25.1 Å². The van der Waals surface area contributed by atoms with Gasteiger partial charge in [0.1, 0.15) is 12.4 Å². The number of carbonyl (C=O) groups is 1. The van der Waals surface area contributed by atoms with Crippen LogP contribution in [0.2, 0.25) is 0 Å². The predicted octanol–water partition coefficient (Wildman–Crippen LogP) is 1.69. The first-order chi connectivity index (χ1) is 9.60. The van der Waals surface area contributed by atoms with Crippen LogP contribution in [-0.2, 0) is 24.3 Å². The van der Waals surface area contributed by atoms with Crippen molar-refractivity contribution in [2.45, 2.75) is 72.4 Å². The van der Waals surface area contributed by atoms with Crippen LogP contribution in [0.5, 0.6) is 0 Å². The minimum Gasteiger partial charge on any atom is -0.550 e. The quantitative estimate of drug-likeness (QED) is 0.484. The Morgan fingerprint density at radius 3 is 2.60 bits per heavy atom. The normalized spacial score (nSPS) is 12.6. The number of imidazole rings is 1. The Bertz CT molecular complexity index is 413. The summed E-state index contributed by atoms with van der Waals surface area (Å²) >= 11 is 0. The van der Waals surface area contributed by atoms with Gasteiger partial charge in [0, 0.05) is 18.3 Å². The van der Waals surface area contributed by atoms with Gasteiger partial charge in [0.25, 0.3) is 5.82 Å². The molecule has 0 fully saturated rings. The Kier molecular flexibility index (Phi) is 7.34. The molecule has 0 saturated heterocycles. The summed E-state index contributed by atoms with van der Waals surface area (Å²) in [6, 6.07) is 0. The summed E-state index contributed by atoms with van der Waals surface area (Å²) in [5.74, 6) is -0.176. The van der Waals surface area contributed by atoms with Gasteiger partial charge < -0.3 is 9.90 Å². The van der Waals surface area contributed by atoms with Crippen molar-refractivity contribution in [1.29, 1.82) is 0 Å². The molecule has 1 rings (SSSR count). The molecule has 114 valence electrons. The first kappa shape index (κ1) is 16.7. The molecule has 0 aliphatic rings. The van der Waals surface area contributed by atoms with Gasteiger partial charge in [0.2, 0.25) is 0 Å². The van der Waals surface area contributed by atoms with Crippen LogP contribution in [0.4, 0.5) is 0 Å². The van der Waals surface area contributed by atoms with Gasteiger partial charge in [0.05, 0.1) is 13.1 Å². The van der Waals surface area contributed by atoms with Gasteiger partial charge in [-0.2, -0.15) is 0 Å². The number of carboxylic acid groups (broad SMARTS) is 1. The van der Waals surface area contributed by atoms with Crippen LogP contribution in [0.25, 0.3) is 0 Å². The van der Waals surface area contributed by atoms with Crippen molar-refractivity contribution in [2.24, 2.45) is 5.92 Å². The van der Waals surface area contributed by atoms with E-state index in [4.69, 9.17) is 0 Å². The summed E-state index contributed by atoms with van der Waals surface area (Å²) in [7, 11) is 0. The lowest BCUT2D eigenvalue weighted by Gasteiger charge is -2.11. The van der Waals surface area contributed by atoms with Gasteiger partial charge in [-0.05, 0) is 12.8 Å². The van der Waals surface area contributed by atoms with E-state index in [9.17, 15) is 9.90 Å². The largest absolute Gasteiger partial charge is 0.550 e. The van der Waals surface area contributed by atoms with Gasteiger partial charge in [-0.3, -0.25) is 0 Å². The average molecular weight is 280 g/mol. The van der Waals surface area contributed by atoms with Gasteiger partial charge >= 0.3 is 0 Å². The molecule has 20 heavy (non-hydrogen) atoms. The summed E-state index contributed by atoms with van der Waals surface area (Å²) in [4.78, 5) is 10.9. The highest BCUT2D eigenvalue weighted by Crippen LogP contribution is 2.07. The fourth-order valence-corrected chi connectivity index (χ4v) is 2.39. The number of carbonyl (C=O) groups excluding carboxylic acids is 1. The number of hydrogen-bond acceptors (Lipinski definition) is 2. The topological polar surface area (TPSA) is 48.9 Å². The van der Waals surface area contributed by atoms with Crippen molar-refractivity contribution < 1.29 is 14.5 Å². The van der Waals surface area contributed by atoms with Crippen LogP contribution in [0.15, 0.2) is 12.4 Å². The number of carboxylic acids is 1. The van der Waals surface area contributed by atoms with E-state index in [1.807, 2.05) is 6.20 Å². The number of aryl methyl sites for hydroxylation is 1. The minimum atomic E-state index is -0.974. The van der Waals surface area contributed by atoms with Crippen LogP contribution in [-0.4, -0.2) is 10.5 Å². The lowest BCUT2D eigenvalue weighted by Crippen LogP contribution is -2.45. The summed E-state index contributed by atoms with van der Waals surface area (Å²) in [5.41, 5.74) is 0. The van der Waals surface area contributed by atoms with E-state index in [0.717, 1.165) is 25.8 Å². The van der Waals surface area contributed by atoms with Gasteiger partial charge in [-0.1, -0.05) is 40.0 Å². The molecule has 1 aromatic heterocycles. The third-order valence-corrected chi connectivity index (χ3v) is 3.72. The molecule has 0 amide bonds. The number of hydrogen-bond donors (Lipinski definition) is 0. The van der Waals surface area contributed by atoms with Crippen molar-refractivity contribution in [3.8, 4) is 0 Å². The molecule has 0 aliphatic heterocycles. The number of aliphatic carboxylic acids is 1. The average Bonchev–Trinajstić information content (AvgIpc) is 2.79. The summed E-state index contributed by atoms with van der Waals surface area (Å²) in [6.45, 7) is 7.62. The van der Waals surface area contributed by atoms with Gasteiger partial charge in [-0.25, -0.2) is 9.13 Å². The molecule has 1 atom stereocenters. The van der Waals surface area contributed by atoms with Crippen molar-refractivity contribution in [3.63, 3.8) is 0 Å². The molecular formula is C16H28N2O2. The molecule has 0 aromatic carbocycles. The fraction of sp³-hybridized carbons (Fsp3) is 0.750. The zero-order chi connectivity index (χ0) is 15.0. The highest BCUT2D eigenvalue weighted by atomic mass is 16.4. The van der Waals surface area contributed by atoms with Crippen LogP contribution in [0.3, 0.4) is 0 Å². The zero-order valence-corrected chi connectivity index (χ0v) is 13.1. The van der Waals surface area contributed by atoms with E-state index in [0.29, 0.717) is 6.54 Å². The molecule has 4 nitrogen and oxygen atoms in total. The summed E-state index contributed by atoms with van der Waals surface area (Å²) in [6.07, 6.45) is 11.0. The zero-order valence-electron chi connectivity index (χ0n) is 13.1. The number of rotatable bonds is 10. The maximum Gasteiger partial charge on any atom is 0.256 e. The number of aromatic nitrogens is 2. The predicted molar refractivity (Wildman–Crippen MR) is 76.9 cm³/mol. The smallest absolute Gasteiger partial charge is 0.256 e. The summed E-state index contributed by atoms with van der Waals surface area (Å²) in [5, 5.41) is 10.9. The van der Waals surface area contributed by atoms with Crippen molar-refractivity contribution in [3.05, 3.63) is 18.2 Å². The lowest BCUT2D eigenvalue weighted by molar-refractivity contribution is -0.708. The Balaban J connectivity index is 2.80. The third-order valence-electron chi connectivity index (χ3n) is 3.72. The van der Waals surface area contributed by atoms with Crippen molar-refractivity contribution >= 4 is 5.97 Å². The Labute approximate surface area is 122 Å². The number of nitrogens with zero attached hydrogens (tertiary/aromatic N) is 2. The van der Waals surface area contributed by atoms with Crippen LogP contribution >= 0.6 is 0 Å². The minimum absolute atomic E-state index is 0.452. The van der Waals surface area contributed by atoms with Crippen LogP contribution < -0.4 is 9.67 Å². The molecule has 0 saturated carbocycles. The second-order valence-electron chi connectivity index (χ2n) is 5.59. The van der Waals surface area contributed by atoms with Crippen LogP contribution in [0, 0.1) is 5.92 Å². The Morgan fingerprint density at radius 2 is 2.00 bits per heavy atom. The Morgan fingerprint density at radius 1 is 1.30 bits per heavy atom.